The highest BCUT2D eigenvalue weighted by Gasteiger charge is 2.38. The first-order chi connectivity index (χ1) is 15.3. The van der Waals surface area contributed by atoms with Gasteiger partial charge in [-0.05, 0) is 31.0 Å². The predicted octanol–water partition coefficient (Wildman–Crippen LogP) is 2.28. The van der Waals surface area contributed by atoms with Gasteiger partial charge >= 0.3 is 5.69 Å². The quantitative estimate of drug-likeness (QED) is 0.646. The van der Waals surface area contributed by atoms with Crippen LogP contribution in [0.25, 0.3) is 0 Å². The Bertz CT molecular complexity index is 1340. The highest BCUT2D eigenvalue weighted by Crippen LogP contribution is 2.32. The normalized spacial score (nSPS) is 14.7. The molecule has 1 aliphatic heterocycles. The Labute approximate surface area is 184 Å². The number of fused-ring (bicyclic) bond motifs is 1. The van der Waals surface area contributed by atoms with E-state index in [9.17, 15) is 19.2 Å². The molecule has 8 heteroatoms. The molecule has 0 saturated carbocycles. The molecule has 0 bridgehead atoms. The van der Waals surface area contributed by atoms with Crippen LogP contribution in [0.2, 0.25) is 0 Å². The molecule has 32 heavy (non-hydrogen) atoms. The lowest BCUT2D eigenvalue weighted by molar-refractivity contribution is -0.122. The maximum absolute atomic E-state index is 12.9. The van der Waals surface area contributed by atoms with E-state index in [1.807, 2.05) is 62.4 Å². The number of carbonyl (C=O) groups excluding carboxylic acids is 2. The van der Waals surface area contributed by atoms with E-state index in [0.717, 1.165) is 21.3 Å². The van der Waals surface area contributed by atoms with Crippen LogP contribution in [0.3, 0.4) is 0 Å². The van der Waals surface area contributed by atoms with Gasteiger partial charge in [-0.3, -0.25) is 23.5 Å². The van der Waals surface area contributed by atoms with E-state index in [1.54, 1.807) is 0 Å². The minimum atomic E-state index is -0.975. The molecule has 8 nitrogen and oxygen atoms in total. The lowest BCUT2D eigenvalue weighted by atomic mass is 9.98. The van der Waals surface area contributed by atoms with Gasteiger partial charge in [0.05, 0.1) is 18.0 Å². The number of amides is 2. The topological polar surface area (TPSA) is 102 Å². The van der Waals surface area contributed by atoms with Gasteiger partial charge in [-0.15, -0.1) is 0 Å². The zero-order valence-electron chi connectivity index (χ0n) is 18.1. The smallest absolute Gasteiger partial charge is 0.326 e. The number of rotatable bonds is 5. The number of anilines is 2. The second-order valence-electron chi connectivity index (χ2n) is 8.09. The van der Waals surface area contributed by atoms with Gasteiger partial charge in [-0.1, -0.05) is 48.0 Å². The molecular formula is C24H24N4O4. The van der Waals surface area contributed by atoms with E-state index in [4.69, 9.17) is 0 Å². The van der Waals surface area contributed by atoms with Crippen LogP contribution in [-0.2, 0) is 23.2 Å². The molecule has 0 radical (unpaired) electrons. The molecule has 1 unspecified atom stereocenters. The maximum atomic E-state index is 12.9. The van der Waals surface area contributed by atoms with Crippen LogP contribution in [0.5, 0.6) is 0 Å². The summed E-state index contributed by atoms with van der Waals surface area (Å²) < 4.78 is 2.35. The molecule has 2 amide bonds. The Hall–Kier alpha value is -3.94. The summed E-state index contributed by atoms with van der Waals surface area (Å²) in [6.07, 6.45) is -0.203. The third-order valence-corrected chi connectivity index (χ3v) is 5.71. The molecule has 0 aliphatic carbocycles. The fraction of sp³-hybridized carbons (Fsp3) is 0.250. The highest BCUT2D eigenvalue weighted by molar-refractivity contribution is 6.05. The van der Waals surface area contributed by atoms with E-state index < -0.39 is 23.1 Å². The maximum Gasteiger partial charge on any atom is 0.332 e. The van der Waals surface area contributed by atoms with Crippen molar-refractivity contribution >= 4 is 23.3 Å². The third-order valence-electron chi connectivity index (χ3n) is 5.71. The summed E-state index contributed by atoms with van der Waals surface area (Å²) in [7, 11) is 1.38. The van der Waals surface area contributed by atoms with Crippen molar-refractivity contribution in [2.45, 2.75) is 32.7 Å². The monoisotopic (exact) mass is 432 g/mol. The Morgan fingerprint density at radius 3 is 2.47 bits per heavy atom. The molecule has 0 spiro atoms. The van der Waals surface area contributed by atoms with Crippen LogP contribution in [-0.4, -0.2) is 20.9 Å². The van der Waals surface area contributed by atoms with Gasteiger partial charge in [0.1, 0.15) is 5.82 Å². The number of carbonyl (C=O) groups is 2. The standard InChI is InChI=1S/C24H24N4O4/c1-14-9-10-18(15(2)11-14)25-19(29)12-17-20-21(26-22(17)30)28(24(32)27(3)23(20)31)13-16-7-5-4-6-8-16/h4-11,17H,12-13H2,1-3H3,(H,25,29)(H,26,30). The fourth-order valence-electron chi connectivity index (χ4n) is 4.02. The van der Waals surface area contributed by atoms with Crippen molar-refractivity contribution in [1.29, 1.82) is 0 Å². The summed E-state index contributed by atoms with van der Waals surface area (Å²) in [5, 5.41) is 5.48. The van der Waals surface area contributed by atoms with Crippen LogP contribution in [0, 0.1) is 13.8 Å². The van der Waals surface area contributed by atoms with Gasteiger partial charge in [-0.2, -0.15) is 0 Å². The number of hydrogen-bond donors (Lipinski definition) is 2. The van der Waals surface area contributed by atoms with E-state index in [1.165, 1.54) is 11.6 Å². The number of nitrogens with zero attached hydrogens (tertiary/aromatic N) is 2. The summed E-state index contributed by atoms with van der Waals surface area (Å²) in [6, 6.07) is 14.9. The van der Waals surface area contributed by atoms with Gasteiger partial charge in [0, 0.05) is 19.2 Å². The van der Waals surface area contributed by atoms with Crippen molar-refractivity contribution in [2.24, 2.45) is 7.05 Å². The van der Waals surface area contributed by atoms with Crippen LogP contribution in [0.1, 0.15) is 34.6 Å². The van der Waals surface area contributed by atoms with Crippen LogP contribution in [0.4, 0.5) is 11.5 Å². The first-order valence-electron chi connectivity index (χ1n) is 10.3. The SMILES string of the molecule is Cc1ccc(NC(=O)CC2C(=O)Nc3c2c(=O)n(C)c(=O)n3Cc2ccccc2)c(C)c1. The molecule has 1 atom stereocenters. The second kappa shape index (κ2) is 8.30. The Morgan fingerprint density at radius 1 is 1.06 bits per heavy atom. The number of nitrogens with one attached hydrogen (secondary N) is 2. The van der Waals surface area contributed by atoms with E-state index in [2.05, 4.69) is 10.6 Å². The number of aryl methyl sites for hydroxylation is 2. The molecule has 0 fully saturated rings. The average Bonchev–Trinajstić information content (AvgIpc) is 3.08. The Balaban J connectivity index is 1.67. The van der Waals surface area contributed by atoms with Crippen molar-refractivity contribution in [3.63, 3.8) is 0 Å². The lowest BCUT2D eigenvalue weighted by Crippen LogP contribution is -2.40. The molecule has 2 aromatic carbocycles. The second-order valence-corrected chi connectivity index (χ2v) is 8.09. The fourth-order valence-corrected chi connectivity index (χ4v) is 4.02. The average molecular weight is 432 g/mol. The largest absolute Gasteiger partial charge is 0.332 e. The van der Waals surface area contributed by atoms with Crippen molar-refractivity contribution in [3.05, 3.63) is 91.6 Å². The molecule has 4 rings (SSSR count). The lowest BCUT2D eigenvalue weighted by Gasteiger charge is -2.14. The molecule has 164 valence electrons. The third kappa shape index (κ3) is 3.87. The van der Waals surface area contributed by atoms with Crippen molar-refractivity contribution in [2.75, 3.05) is 10.6 Å². The zero-order chi connectivity index (χ0) is 23.0. The van der Waals surface area contributed by atoms with Crippen LogP contribution < -0.4 is 21.9 Å². The number of aromatic nitrogens is 2. The Morgan fingerprint density at radius 2 is 1.78 bits per heavy atom. The summed E-state index contributed by atoms with van der Waals surface area (Å²) in [4.78, 5) is 51.2. The van der Waals surface area contributed by atoms with E-state index in [0.29, 0.717) is 5.69 Å². The van der Waals surface area contributed by atoms with Gasteiger partial charge in [0.2, 0.25) is 11.8 Å². The first-order valence-corrected chi connectivity index (χ1v) is 10.3. The molecular weight excluding hydrogens is 408 g/mol. The first kappa shape index (κ1) is 21.3. The van der Waals surface area contributed by atoms with Crippen molar-refractivity contribution in [3.8, 4) is 0 Å². The van der Waals surface area contributed by atoms with Gasteiger partial charge < -0.3 is 10.6 Å². The summed E-state index contributed by atoms with van der Waals surface area (Å²) in [6.45, 7) is 4.04. The summed E-state index contributed by atoms with van der Waals surface area (Å²) in [5.41, 5.74) is 2.52. The van der Waals surface area contributed by atoms with E-state index in [-0.39, 0.29) is 30.3 Å². The molecule has 3 aromatic rings. The Kier molecular flexibility index (Phi) is 5.52. The van der Waals surface area contributed by atoms with Crippen LogP contribution >= 0.6 is 0 Å². The van der Waals surface area contributed by atoms with E-state index >= 15 is 0 Å². The number of hydrogen-bond acceptors (Lipinski definition) is 4. The van der Waals surface area contributed by atoms with Crippen molar-refractivity contribution < 1.29 is 9.59 Å². The molecule has 1 aromatic heterocycles. The van der Waals surface area contributed by atoms with Gasteiger partial charge in [0.15, 0.2) is 0 Å². The predicted molar refractivity (Wildman–Crippen MR) is 122 cm³/mol. The van der Waals surface area contributed by atoms with Gasteiger partial charge in [-0.25, -0.2) is 4.79 Å². The highest BCUT2D eigenvalue weighted by atomic mass is 16.2. The number of benzene rings is 2. The molecule has 1 aliphatic rings. The summed E-state index contributed by atoms with van der Waals surface area (Å²) >= 11 is 0. The van der Waals surface area contributed by atoms with Crippen molar-refractivity contribution in [1.82, 2.24) is 9.13 Å². The van der Waals surface area contributed by atoms with Gasteiger partial charge in [0.25, 0.3) is 5.56 Å². The minimum Gasteiger partial charge on any atom is -0.326 e. The molecule has 2 heterocycles. The molecule has 0 saturated heterocycles. The zero-order valence-corrected chi connectivity index (χ0v) is 18.1. The summed E-state index contributed by atoms with van der Waals surface area (Å²) in [5.74, 6) is -1.67. The molecule has 2 N–H and O–H groups in total. The minimum absolute atomic E-state index is 0.142. The van der Waals surface area contributed by atoms with Crippen LogP contribution in [0.15, 0.2) is 58.1 Å².